The van der Waals surface area contributed by atoms with Gasteiger partial charge in [0, 0.05) is 6.42 Å². The lowest BCUT2D eigenvalue weighted by Crippen LogP contribution is -2.18. The quantitative estimate of drug-likeness (QED) is 0.538. The highest BCUT2D eigenvalue weighted by atomic mass is 16.5. The third kappa shape index (κ3) is 11.0. The minimum Gasteiger partial charge on any atom is -0.465 e. The average molecular weight is 270 g/mol. The summed E-state index contributed by atoms with van der Waals surface area (Å²) in [5.74, 6) is 0.928. The summed E-state index contributed by atoms with van der Waals surface area (Å²) < 4.78 is 5.44. The Labute approximate surface area is 120 Å². The first-order chi connectivity index (χ1) is 8.78. The zero-order chi connectivity index (χ0) is 14.9. The maximum Gasteiger partial charge on any atom is 0.306 e. The highest BCUT2D eigenvalue weighted by Crippen LogP contribution is 2.26. The number of ether oxygens (including phenoxy) is 1. The van der Waals surface area contributed by atoms with Gasteiger partial charge >= 0.3 is 5.97 Å². The SMILES string of the molecule is CCCCC(CC)COC(=O)CC(C)CC(C)(C)C. The molecule has 0 aromatic heterocycles. The van der Waals surface area contributed by atoms with Gasteiger partial charge in [0.2, 0.25) is 0 Å². The van der Waals surface area contributed by atoms with E-state index in [4.69, 9.17) is 4.74 Å². The van der Waals surface area contributed by atoms with E-state index in [1.54, 1.807) is 0 Å². The van der Waals surface area contributed by atoms with E-state index in [0.29, 0.717) is 24.9 Å². The molecule has 0 radical (unpaired) electrons. The van der Waals surface area contributed by atoms with Crippen LogP contribution in [0.3, 0.4) is 0 Å². The van der Waals surface area contributed by atoms with Crippen molar-refractivity contribution in [1.29, 1.82) is 0 Å². The zero-order valence-electron chi connectivity index (χ0n) is 13.9. The Hall–Kier alpha value is -0.530. The lowest BCUT2D eigenvalue weighted by Gasteiger charge is -2.23. The molecule has 0 spiro atoms. The predicted molar refractivity (Wildman–Crippen MR) is 82.1 cm³/mol. The van der Waals surface area contributed by atoms with Crippen molar-refractivity contribution in [3.05, 3.63) is 0 Å². The van der Waals surface area contributed by atoms with Gasteiger partial charge in [-0.25, -0.2) is 0 Å². The van der Waals surface area contributed by atoms with Gasteiger partial charge in [0.05, 0.1) is 6.61 Å². The lowest BCUT2D eigenvalue weighted by molar-refractivity contribution is -0.146. The molecule has 2 unspecified atom stereocenters. The Balaban J connectivity index is 3.90. The molecule has 0 saturated carbocycles. The Morgan fingerprint density at radius 1 is 1.21 bits per heavy atom. The molecule has 0 aliphatic heterocycles. The fourth-order valence-corrected chi connectivity index (χ4v) is 2.57. The fourth-order valence-electron chi connectivity index (χ4n) is 2.57. The van der Waals surface area contributed by atoms with Gasteiger partial charge in [-0.2, -0.15) is 0 Å². The van der Waals surface area contributed by atoms with Crippen molar-refractivity contribution in [2.45, 2.75) is 80.1 Å². The van der Waals surface area contributed by atoms with E-state index in [1.807, 2.05) is 0 Å². The lowest BCUT2D eigenvalue weighted by atomic mass is 9.84. The molecule has 0 amide bonds. The summed E-state index contributed by atoms with van der Waals surface area (Å²) in [7, 11) is 0. The summed E-state index contributed by atoms with van der Waals surface area (Å²) in [6.07, 6.45) is 6.35. The Morgan fingerprint density at radius 2 is 1.84 bits per heavy atom. The molecule has 0 N–H and O–H groups in total. The molecule has 0 bridgehead atoms. The highest BCUT2D eigenvalue weighted by Gasteiger charge is 2.19. The molecular weight excluding hydrogens is 236 g/mol. The van der Waals surface area contributed by atoms with Crippen molar-refractivity contribution < 1.29 is 9.53 Å². The van der Waals surface area contributed by atoms with Gasteiger partial charge in [-0.05, 0) is 30.1 Å². The van der Waals surface area contributed by atoms with Gasteiger partial charge < -0.3 is 4.74 Å². The molecular formula is C17H34O2. The summed E-state index contributed by atoms with van der Waals surface area (Å²) in [6.45, 7) is 13.8. The van der Waals surface area contributed by atoms with Crippen LogP contribution in [0.1, 0.15) is 80.1 Å². The normalized spacial score (nSPS) is 15.1. The molecule has 2 atom stereocenters. The number of carbonyl (C=O) groups excluding carboxylic acids is 1. The first kappa shape index (κ1) is 18.5. The molecule has 114 valence electrons. The molecule has 0 aromatic rings. The first-order valence-electron chi connectivity index (χ1n) is 7.94. The van der Waals surface area contributed by atoms with Crippen LogP contribution in [0.25, 0.3) is 0 Å². The van der Waals surface area contributed by atoms with Crippen molar-refractivity contribution in [2.75, 3.05) is 6.61 Å². The number of unbranched alkanes of at least 4 members (excludes halogenated alkanes) is 1. The van der Waals surface area contributed by atoms with Crippen LogP contribution in [0.15, 0.2) is 0 Å². The van der Waals surface area contributed by atoms with Crippen LogP contribution < -0.4 is 0 Å². The smallest absolute Gasteiger partial charge is 0.306 e. The van der Waals surface area contributed by atoms with E-state index in [2.05, 4.69) is 41.5 Å². The van der Waals surface area contributed by atoms with Crippen LogP contribution >= 0.6 is 0 Å². The summed E-state index contributed by atoms with van der Waals surface area (Å²) in [5, 5.41) is 0. The van der Waals surface area contributed by atoms with E-state index >= 15 is 0 Å². The summed E-state index contributed by atoms with van der Waals surface area (Å²) in [5.41, 5.74) is 0.285. The third-order valence-electron chi connectivity index (χ3n) is 3.50. The Bertz CT molecular complexity index is 240. The van der Waals surface area contributed by atoms with Gasteiger partial charge in [0.15, 0.2) is 0 Å². The van der Waals surface area contributed by atoms with E-state index in [1.165, 1.54) is 19.3 Å². The van der Waals surface area contributed by atoms with Crippen LogP contribution in [0.2, 0.25) is 0 Å². The largest absolute Gasteiger partial charge is 0.465 e. The van der Waals surface area contributed by atoms with Gasteiger partial charge in [-0.3, -0.25) is 4.79 Å². The highest BCUT2D eigenvalue weighted by molar-refractivity contribution is 5.69. The number of hydrogen-bond donors (Lipinski definition) is 0. The Kier molecular flexibility index (Phi) is 9.12. The van der Waals surface area contributed by atoms with Crippen molar-refractivity contribution in [3.63, 3.8) is 0 Å². The molecule has 0 heterocycles. The minimum atomic E-state index is -0.0216. The molecule has 2 heteroatoms. The van der Waals surface area contributed by atoms with E-state index < -0.39 is 0 Å². The van der Waals surface area contributed by atoms with Gasteiger partial charge in [0.25, 0.3) is 0 Å². The second-order valence-electron chi connectivity index (χ2n) is 7.17. The van der Waals surface area contributed by atoms with E-state index in [0.717, 1.165) is 12.8 Å². The maximum atomic E-state index is 11.8. The number of carbonyl (C=O) groups is 1. The van der Waals surface area contributed by atoms with Gasteiger partial charge in [-0.15, -0.1) is 0 Å². The summed E-state index contributed by atoms with van der Waals surface area (Å²) >= 11 is 0. The van der Waals surface area contributed by atoms with Gasteiger partial charge in [-0.1, -0.05) is 60.8 Å². The second-order valence-corrected chi connectivity index (χ2v) is 7.17. The molecule has 0 aliphatic rings. The monoisotopic (exact) mass is 270 g/mol. The average Bonchev–Trinajstić information content (AvgIpc) is 2.26. The second kappa shape index (κ2) is 9.39. The molecule has 0 aromatic carbocycles. The molecule has 19 heavy (non-hydrogen) atoms. The van der Waals surface area contributed by atoms with Crippen LogP contribution in [0, 0.1) is 17.3 Å². The van der Waals surface area contributed by atoms with E-state index in [-0.39, 0.29) is 11.4 Å². The van der Waals surface area contributed by atoms with Crippen molar-refractivity contribution in [3.8, 4) is 0 Å². The van der Waals surface area contributed by atoms with Crippen LogP contribution in [-0.4, -0.2) is 12.6 Å². The van der Waals surface area contributed by atoms with Crippen molar-refractivity contribution in [1.82, 2.24) is 0 Å². The number of hydrogen-bond acceptors (Lipinski definition) is 2. The molecule has 0 saturated heterocycles. The van der Waals surface area contributed by atoms with Crippen molar-refractivity contribution >= 4 is 5.97 Å². The molecule has 0 fully saturated rings. The summed E-state index contributed by atoms with van der Waals surface area (Å²) in [6, 6.07) is 0. The number of esters is 1. The molecule has 0 rings (SSSR count). The van der Waals surface area contributed by atoms with E-state index in [9.17, 15) is 4.79 Å². The van der Waals surface area contributed by atoms with Gasteiger partial charge in [0.1, 0.15) is 0 Å². The fraction of sp³-hybridized carbons (Fsp3) is 0.941. The van der Waals surface area contributed by atoms with Crippen LogP contribution in [0.4, 0.5) is 0 Å². The van der Waals surface area contributed by atoms with Crippen molar-refractivity contribution in [2.24, 2.45) is 17.3 Å². The molecule has 2 nitrogen and oxygen atoms in total. The number of rotatable bonds is 9. The molecule has 0 aliphatic carbocycles. The first-order valence-corrected chi connectivity index (χ1v) is 7.94. The van der Waals surface area contributed by atoms with Crippen LogP contribution in [-0.2, 0) is 9.53 Å². The minimum absolute atomic E-state index is 0.0216. The third-order valence-corrected chi connectivity index (χ3v) is 3.50. The van der Waals surface area contributed by atoms with Crippen LogP contribution in [0.5, 0.6) is 0 Å². The summed E-state index contributed by atoms with van der Waals surface area (Å²) in [4.78, 5) is 11.8. The zero-order valence-corrected chi connectivity index (χ0v) is 13.9. The Morgan fingerprint density at radius 3 is 2.32 bits per heavy atom. The topological polar surface area (TPSA) is 26.3 Å². The predicted octanol–water partition coefficient (Wildman–Crippen LogP) is 5.21. The standard InChI is InChI=1S/C17H34O2/c1-7-9-10-15(8-2)13-19-16(18)11-14(3)12-17(4,5)6/h14-15H,7-13H2,1-6H3. The maximum absolute atomic E-state index is 11.8.